The molecule has 1 atom stereocenters. The Balaban J connectivity index is 1.84. The van der Waals surface area contributed by atoms with Crippen LogP contribution in [-0.4, -0.2) is 24.5 Å². The lowest BCUT2D eigenvalue weighted by molar-refractivity contribution is -0.149. The SMILES string of the molecule is CC(Oc1ccc(Cl)cc1)C(=O)OCC(=O)c1ccc(Br)cc1. The predicted octanol–water partition coefficient (Wildman–Crippen LogP) is 4.30. The molecule has 0 aliphatic carbocycles. The van der Waals surface area contributed by atoms with Gasteiger partial charge >= 0.3 is 5.97 Å². The Labute approximate surface area is 147 Å². The molecule has 120 valence electrons. The van der Waals surface area contributed by atoms with Crippen LogP contribution >= 0.6 is 27.5 Å². The molecule has 2 aromatic carbocycles. The van der Waals surface area contributed by atoms with Crippen molar-refractivity contribution < 1.29 is 19.1 Å². The van der Waals surface area contributed by atoms with Gasteiger partial charge < -0.3 is 9.47 Å². The van der Waals surface area contributed by atoms with Gasteiger partial charge in [-0.3, -0.25) is 4.79 Å². The summed E-state index contributed by atoms with van der Waals surface area (Å²) in [5.41, 5.74) is 0.479. The Hall–Kier alpha value is -1.85. The van der Waals surface area contributed by atoms with Crippen molar-refractivity contribution in [2.24, 2.45) is 0 Å². The standard InChI is InChI=1S/C17H14BrClO4/c1-11(23-15-8-6-14(19)7-9-15)17(21)22-10-16(20)12-2-4-13(18)5-3-12/h2-9,11H,10H2,1H3. The topological polar surface area (TPSA) is 52.6 Å². The lowest BCUT2D eigenvalue weighted by Gasteiger charge is -2.13. The van der Waals surface area contributed by atoms with E-state index in [1.165, 1.54) is 0 Å². The molecule has 0 bridgehead atoms. The molecule has 2 aromatic rings. The fraction of sp³-hybridized carbons (Fsp3) is 0.176. The molecule has 0 aromatic heterocycles. The lowest BCUT2D eigenvalue weighted by atomic mass is 10.1. The van der Waals surface area contributed by atoms with Crippen LogP contribution in [0.4, 0.5) is 0 Å². The second kappa shape index (κ2) is 8.13. The molecule has 0 N–H and O–H groups in total. The van der Waals surface area contributed by atoms with Crippen molar-refractivity contribution in [3.8, 4) is 5.75 Å². The Morgan fingerprint density at radius 3 is 2.30 bits per heavy atom. The van der Waals surface area contributed by atoms with E-state index in [0.29, 0.717) is 16.3 Å². The average molecular weight is 398 g/mol. The van der Waals surface area contributed by atoms with Crippen molar-refractivity contribution in [2.75, 3.05) is 6.61 Å². The van der Waals surface area contributed by atoms with Crippen LogP contribution in [0.15, 0.2) is 53.0 Å². The van der Waals surface area contributed by atoms with Crippen LogP contribution in [-0.2, 0) is 9.53 Å². The number of halogens is 2. The first-order chi connectivity index (χ1) is 11.0. The first kappa shape index (κ1) is 17.5. The summed E-state index contributed by atoms with van der Waals surface area (Å²) in [6, 6.07) is 13.4. The monoisotopic (exact) mass is 396 g/mol. The maximum atomic E-state index is 11.9. The molecule has 0 saturated heterocycles. The number of carbonyl (C=O) groups excluding carboxylic acids is 2. The van der Waals surface area contributed by atoms with E-state index in [1.54, 1.807) is 55.5 Å². The molecule has 0 spiro atoms. The number of ether oxygens (including phenoxy) is 2. The number of ketones is 1. The zero-order valence-corrected chi connectivity index (χ0v) is 14.6. The zero-order chi connectivity index (χ0) is 16.8. The van der Waals surface area contributed by atoms with Crippen molar-refractivity contribution in [1.29, 1.82) is 0 Å². The summed E-state index contributed by atoms with van der Waals surface area (Å²) < 4.78 is 11.3. The van der Waals surface area contributed by atoms with Gasteiger partial charge in [0.05, 0.1) is 0 Å². The largest absolute Gasteiger partial charge is 0.479 e. The van der Waals surface area contributed by atoms with Crippen LogP contribution in [0.25, 0.3) is 0 Å². The molecular formula is C17H14BrClO4. The van der Waals surface area contributed by atoms with Crippen LogP contribution in [0.3, 0.4) is 0 Å². The molecule has 0 aliphatic heterocycles. The minimum Gasteiger partial charge on any atom is -0.479 e. The number of benzene rings is 2. The van der Waals surface area contributed by atoms with E-state index in [-0.39, 0.29) is 12.4 Å². The molecule has 0 fully saturated rings. The highest BCUT2D eigenvalue weighted by molar-refractivity contribution is 9.10. The van der Waals surface area contributed by atoms with E-state index >= 15 is 0 Å². The van der Waals surface area contributed by atoms with E-state index in [1.807, 2.05) is 0 Å². The Kier molecular flexibility index (Phi) is 6.19. The average Bonchev–Trinajstić information content (AvgIpc) is 2.55. The minimum absolute atomic E-state index is 0.274. The number of hydrogen-bond donors (Lipinski definition) is 0. The van der Waals surface area contributed by atoms with Crippen LogP contribution in [0.2, 0.25) is 5.02 Å². The summed E-state index contributed by atoms with van der Waals surface area (Å²) in [7, 11) is 0. The third-order valence-electron chi connectivity index (χ3n) is 2.97. The van der Waals surface area contributed by atoms with Gasteiger partial charge in [-0.2, -0.15) is 0 Å². The molecule has 1 unspecified atom stereocenters. The van der Waals surface area contributed by atoms with E-state index in [9.17, 15) is 9.59 Å². The smallest absolute Gasteiger partial charge is 0.347 e. The zero-order valence-electron chi connectivity index (χ0n) is 12.3. The fourth-order valence-corrected chi connectivity index (χ4v) is 2.13. The minimum atomic E-state index is -0.825. The van der Waals surface area contributed by atoms with E-state index < -0.39 is 12.1 Å². The maximum absolute atomic E-state index is 11.9. The third kappa shape index (κ3) is 5.37. The summed E-state index contributed by atoms with van der Waals surface area (Å²) in [4.78, 5) is 23.8. The molecule has 6 heteroatoms. The lowest BCUT2D eigenvalue weighted by Crippen LogP contribution is -2.28. The number of carbonyl (C=O) groups is 2. The van der Waals surface area contributed by atoms with Gasteiger partial charge in [-0.05, 0) is 43.3 Å². The molecule has 23 heavy (non-hydrogen) atoms. The summed E-state index contributed by atoms with van der Waals surface area (Å²) in [5.74, 6) is -0.381. The Morgan fingerprint density at radius 2 is 1.70 bits per heavy atom. The normalized spacial score (nSPS) is 11.6. The fourth-order valence-electron chi connectivity index (χ4n) is 1.74. The molecule has 2 rings (SSSR count). The summed E-state index contributed by atoms with van der Waals surface area (Å²) in [6.07, 6.45) is -0.825. The summed E-state index contributed by atoms with van der Waals surface area (Å²) in [5, 5.41) is 0.577. The quantitative estimate of drug-likeness (QED) is 0.539. The maximum Gasteiger partial charge on any atom is 0.347 e. The highest BCUT2D eigenvalue weighted by Gasteiger charge is 2.18. The number of hydrogen-bond acceptors (Lipinski definition) is 4. The van der Waals surface area contributed by atoms with Gasteiger partial charge in [0.25, 0.3) is 0 Å². The molecule has 0 amide bonds. The van der Waals surface area contributed by atoms with E-state index in [0.717, 1.165) is 4.47 Å². The second-order valence-corrected chi connectivity index (χ2v) is 6.10. The Morgan fingerprint density at radius 1 is 1.09 bits per heavy atom. The van der Waals surface area contributed by atoms with Crippen LogP contribution in [0, 0.1) is 0 Å². The van der Waals surface area contributed by atoms with Gasteiger partial charge in [0.2, 0.25) is 0 Å². The molecule has 4 nitrogen and oxygen atoms in total. The van der Waals surface area contributed by atoms with Gasteiger partial charge in [-0.1, -0.05) is 39.7 Å². The number of esters is 1. The van der Waals surface area contributed by atoms with Crippen LogP contribution in [0.1, 0.15) is 17.3 Å². The third-order valence-corrected chi connectivity index (χ3v) is 3.75. The predicted molar refractivity (Wildman–Crippen MR) is 91.0 cm³/mol. The van der Waals surface area contributed by atoms with E-state index in [4.69, 9.17) is 21.1 Å². The van der Waals surface area contributed by atoms with Gasteiger partial charge in [0, 0.05) is 15.1 Å². The van der Waals surface area contributed by atoms with Gasteiger partial charge in [0.15, 0.2) is 18.5 Å². The number of rotatable bonds is 6. The first-order valence-corrected chi connectivity index (χ1v) is 8.00. The molecule has 0 heterocycles. The van der Waals surface area contributed by atoms with Crippen molar-refractivity contribution >= 4 is 39.3 Å². The highest BCUT2D eigenvalue weighted by Crippen LogP contribution is 2.17. The van der Waals surface area contributed by atoms with Gasteiger partial charge in [-0.15, -0.1) is 0 Å². The Bertz CT molecular complexity index is 683. The molecule has 0 aliphatic rings. The van der Waals surface area contributed by atoms with Crippen LogP contribution in [0.5, 0.6) is 5.75 Å². The second-order valence-electron chi connectivity index (χ2n) is 4.75. The highest BCUT2D eigenvalue weighted by atomic mass is 79.9. The molecule has 0 radical (unpaired) electrons. The summed E-state index contributed by atoms with van der Waals surface area (Å²) >= 11 is 9.07. The van der Waals surface area contributed by atoms with Crippen molar-refractivity contribution in [3.63, 3.8) is 0 Å². The van der Waals surface area contributed by atoms with Crippen molar-refractivity contribution in [3.05, 3.63) is 63.6 Å². The van der Waals surface area contributed by atoms with Gasteiger partial charge in [-0.25, -0.2) is 4.79 Å². The van der Waals surface area contributed by atoms with Gasteiger partial charge in [0.1, 0.15) is 5.75 Å². The van der Waals surface area contributed by atoms with Crippen LogP contribution < -0.4 is 4.74 Å². The van der Waals surface area contributed by atoms with Crippen molar-refractivity contribution in [2.45, 2.75) is 13.0 Å². The first-order valence-electron chi connectivity index (χ1n) is 6.83. The molecular weight excluding hydrogens is 384 g/mol. The summed E-state index contributed by atoms with van der Waals surface area (Å²) in [6.45, 7) is 1.23. The van der Waals surface area contributed by atoms with Crippen molar-refractivity contribution in [1.82, 2.24) is 0 Å². The van der Waals surface area contributed by atoms with E-state index in [2.05, 4.69) is 15.9 Å². The number of Topliss-reactive ketones (excluding diaryl/α,β-unsaturated/α-hetero) is 1. The molecule has 0 saturated carbocycles.